The summed E-state index contributed by atoms with van der Waals surface area (Å²) >= 11 is 0. The Kier molecular flexibility index (Phi) is 11.0. The molecule has 0 bridgehead atoms. The molecule has 1 N–H and O–H groups in total. The summed E-state index contributed by atoms with van der Waals surface area (Å²) in [5.74, 6) is -0.757. The molecular weight excluding hydrogens is 570 g/mol. The monoisotopic (exact) mass is 611 g/mol. The molecule has 0 aromatic heterocycles. The Labute approximate surface area is 261 Å². The van der Waals surface area contributed by atoms with Gasteiger partial charge in [-0.2, -0.15) is 0 Å². The third-order valence-electron chi connectivity index (χ3n) is 7.70. The predicted molar refractivity (Wildman–Crippen MR) is 176 cm³/mol. The van der Waals surface area contributed by atoms with Crippen molar-refractivity contribution in [2.24, 2.45) is 0 Å². The van der Waals surface area contributed by atoms with Crippen LogP contribution in [0, 0.1) is 13.8 Å². The van der Waals surface area contributed by atoms with Crippen LogP contribution in [0.5, 0.6) is 0 Å². The maximum Gasteiger partial charge on any atom is 0.264 e. The molecule has 0 aliphatic heterocycles. The first kappa shape index (κ1) is 32.5. The highest BCUT2D eigenvalue weighted by molar-refractivity contribution is 7.92. The van der Waals surface area contributed by atoms with E-state index in [0.717, 1.165) is 27.4 Å². The van der Waals surface area contributed by atoms with Gasteiger partial charge in [-0.1, -0.05) is 103 Å². The summed E-state index contributed by atoms with van der Waals surface area (Å²) in [5.41, 5.74) is 3.88. The minimum absolute atomic E-state index is 0.0802. The summed E-state index contributed by atoms with van der Waals surface area (Å²) in [6.07, 6.45) is 1.00. The molecule has 2 amide bonds. The molecule has 0 saturated carbocycles. The van der Waals surface area contributed by atoms with Crippen LogP contribution in [0.2, 0.25) is 0 Å². The van der Waals surface area contributed by atoms with Crippen LogP contribution in [-0.2, 0) is 32.6 Å². The van der Waals surface area contributed by atoms with Gasteiger partial charge in [0.25, 0.3) is 10.0 Å². The van der Waals surface area contributed by atoms with Gasteiger partial charge < -0.3 is 10.2 Å². The molecule has 7 nitrogen and oxygen atoms in total. The summed E-state index contributed by atoms with van der Waals surface area (Å²) in [7, 11) is -4.13. The van der Waals surface area contributed by atoms with Gasteiger partial charge in [0.05, 0.1) is 10.6 Å². The zero-order chi connectivity index (χ0) is 31.7. The number of nitrogens with one attached hydrogen (secondary N) is 1. The quantitative estimate of drug-likeness (QED) is 0.199. The number of nitrogens with zero attached hydrogens (tertiary/aromatic N) is 2. The van der Waals surface area contributed by atoms with E-state index < -0.39 is 28.5 Å². The van der Waals surface area contributed by atoms with E-state index in [2.05, 4.69) is 5.32 Å². The fraction of sp³-hybridized carbons (Fsp3) is 0.278. The highest BCUT2D eigenvalue weighted by atomic mass is 32.2. The van der Waals surface area contributed by atoms with Crippen molar-refractivity contribution in [1.82, 2.24) is 10.2 Å². The standard InChI is InChI=1S/C36H41N3O4S/c1-5-29(4)37-36(41)34(24-30-17-8-6-9-18-30)38(25-31-19-14-15-27(2)23-31)35(40)26-39(33-22-13-12-16-28(33)3)44(42,43)32-20-10-7-11-21-32/h6-23,29,34H,5,24-26H2,1-4H3,(H,37,41). The van der Waals surface area contributed by atoms with Crippen LogP contribution in [0.3, 0.4) is 0 Å². The predicted octanol–water partition coefficient (Wildman–Crippen LogP) is 6.05. The van der Waals surface area contributed by atoms with E-state index in [-0.39, 0.29) is 29.8 Å². The van der Waals surface area contributed by atoms with Gasteiger partial charge in [0.2, 0.25) is 11.8 Å². The Bertz CT molecular complexity index is 1660. The van der Waals surface area contributed by atoms with E-state index in [9.17, 15) is 18.0 Å². The van der Waals surface area contributed by atoms with Gasteiger partial charge in [-0.15, -0.1) is 0 Å². The van der Waals surface area contributed by atoms with Crippen LogP contribution in [-0.4, -0.2) is 43.8 Å². The molecule has 2 unspecified atom stereocenters. The SMILES string of the molecule is CCC(C)NC(=O)C(Cc1ccccc1)N(Cc1cccc(C)c1)C(=O)CN(c1ccccc1C)S(=O)(=O)c1ccccc1. The van der Waals surface area contributed by atoms with Crippen molar-refractivity contribution < 1.29 is 18.0 Å². The lowest BCUT2D eigenvalue weighted by Crippen LogP contribution is -2.54. The molecule has 8 heteroatoms. The Morgan fingerprint density at radius 1 is 0.795 bits per heavy atom. The molecule has 0 spiro atoms. The fourth-order valence-corrected chi connectivity index (χ4v) is 6.58. The smallest absolute Gasteiger partial charge is 0.264 e. The minimum Gasteiger partial charge on any atom is -0.352 e. The van der Waals surface area contributed by atoms with Gasteiger partial charge >= 0.3 is 0 Å². The Balaban J connectivity index is 1.81. The van der Waals surface area contributed by atoms with Crippen LogP contribution in [0.15, 0.2) is 114 Å². The second-order valence-electron chi connectivity index (χ2n) is 11.1. The maximum absolute atomic E-state index is 14.5. The van der Waals surface area contributed by atoms with E-state index in [1.807, 2.05) is 94.4 Å². The zero-order valence-corrected chi connectivity index (χ0v) is 26.6. The molecule has 4 rings (SSSR count). The van der Waals surface area contributed by atoms with Crippen LogP contribution < -0.4 is 9.62 Å². The first-order valence-corrected chi connectivity index (χ1v) is 16.4. The van der Waals surface area contributed by atoms with E-state index >= 15 is 0 Å². The number of benzene rings is 4. The number of rotatable bonds is 13. The minimum atomic E-state index is -4.13. The van der Waals surface area contributed by atoms with Crippen molar-refractivity contribution >= 4 is 27.5 Å². The van der Waals surface area contributed by atoms with Crippen molar-refractivity contribution in [3.05, 3.63) is 131 Å². The molecule has 44 heavy (non-hydrogen) atoms. The maximum atomic E-state index is 14.5. The number of hydrogen-bond acceptors (Lipinski definition) is 4. The van der Waals surface area contributed by atoms with Gasteiger partial charge in [0.15, 0.2) is 0 Å². The third kappa shape index (κ3) is 8.14. The topological polar surface area (TPSA) is 86.8 Å². The summed E-state index contributed by atoms with van der Waals surface area (Å²) in [6.45, 7) is 7.36. The number of amides is 2. The first-order valence-electron chi connectivity index (χ1n) is 14.9. The second kappa shape index (κ2) is 14.8. The number of para-hydroxylation sites is 1. The van der Waals surface area contributed by atoms with Crippen molar-refractivity contribution in [2.45, 2.75) is 64.1 Å². The molecule has 2 atom stereocenters. The van der Waals surface area contributed by atoms with Gasteiger partial charge in [-0.3, -0.25) is 13.9 Å². The van der Waals surface area contributed by atoms with E-state index in [1.165, 1.54) is 17.0 Å². The average molecular weight is 612 g/mol. The molecule has 0 aliphatic carbocycles. The third-order valence-corrected chi connectivity index (χ3v) is 9.48. The van der Waals surface area contributed by atoms with E-state index in [4.69, 9.17) is 0 Å². The lowest BCUT2D eigenvalue weighted by molar-refractivity contribution is -0.140. The van der Waals surface area contributed by atoms with Crippen LogP contribution >= 0.6 is 0 Å². The summed E-state index contributed by atoms with van der Waals surface area (Å²) in [4.78, 5) is 30.1. The highest BCUT2D eigenvalue weighted by Gasteiger charge is 2.35. The summed E-state index contributed by atoms with van der Waals surface area (Å²) < 4.78 is 29.4. The Morgan fingerprint density at radius 2 is 1.41 bits per heavy atom. The van der Waals surface area contributed by atoms with Crippen LogP contribution in [0.25, 0.3) is 0 Å². The molecule has 4 aromatic carbocycles. The second-order valence-corrected chi connectivity index (χ2v) is 13.0. The number of hydrogen-bond donors (Lipinski definition) is 1. The molecule has 230 valence electrons. The van der Waals surface area contributed by atoms with Crippen molar-refractivity contribution in [2.75, 3.05) is 10.8 Å². The van der Waals surface area contributed by atoms with E-state index in [0.29, 0.717) is 11.3 Å². The number of aryl methyl sites for hydroxylation is 2. The molecule has 0 saturated heterocycles. The van der Waals surface area contributed by atoms with Crippen LogP contribution in [0.4, 0.5) is 5.69 Å². The number of sulfonamides is 1. The fourth-order valence-electron chi connectivity index (χ4n) is 5.08. The summed E-state index contributed by atoms with van der Waals surface area (Å²) in [5, 5.41) is 3.07. The van der Waals surface area contributed by atoms with Gasteiger partial charge in [-0.25, -0.2) is 8.42 Å². The molecule has 0 radical (unpaired) electrons. The van der Waals surface area contributed by atoms with E-state index in [1.54, 1.807) is 30.3 Å². The molecule has 0 heterocycles. The first-order chi connectivity index (χ1) is 21.1. The lowest BCUT2D eigenvalue weighted by Gasteiger charge is -2.34. The average Bonchev–Trinajstić information content (AvgIpc) is 3.02. The number of carbonyl (C=O) groups is 2. The number of carbonyl (C=O) groups excluding carboxylic acids is 2. The Hall–Kier alpha value is -4.43. The Morgan fingerprint density at radius 3 is 2.05 bits per heavy atom. The number of anilines is 1. The lowest BCUT2D eigenvalue weighted by atomic mass is 10.0. The van der Waals surface area contributed by atoms with Crippen molar-refractivity contribution in [3.8, 4) is 0 Å². The molecule has 0 fully saturated rings. The zero-order valence-electron chi connectivity index (χ0n) is 25.8. The van der Waals surface area contributed by atoms with Crippen molar-refractivity contribution in [1.29, 1.82) is 0 Å². The van der Waals surface area contributed by atoms with Crippen molar-refractivity contribution in [3.63, 3.8) is 0 Å². The van der Waals surface area contributed by atoms with Gasteiger partial charge in [0.1, 0.15) is 12.6 Å². The largest absolute Gasteiger partial charge is 0.352 e. The molecule has 4 aromatic rings. The molecular formula is C36H41N3O4S. The van der Waals surface area contributed by atoms with Gasteiger partial charge in [-0.05, 0) is 62.1 Å². The van der Waals surface area contributed by atoms with Crippen LogP contribution in [0.1, 0.15) is 42.5 Å². The molecule has 0 aliphatic rings. The highest BCUT2D eigenvalue weighted by Crippen LogP contribution is 2.27. The van der Waals surface area contributed by atoms with Gasteiger partial charge in [0, 0.05) is 19.0 Å². The normalized spacial score (nSPS) is 12.6. The summed E-state index contributed by atoms with van der Waals surface area (Å²) in [6, 6.07) is 31.6.